The number of hydrogen-bond donors (Lipinski definition) is 2. The molecule has 1 aliphatic rings. The monoisotopic (exact) mass is 549 g/mol. The number of sulfone groups is 1. The summed E-state index contributed by atoms with van der Waals surface area (Å²) in [4.78, 5) is 13.4. The Morgan fingerprint density at radius 3 is 2.77 bits per heavy atom. The number of benzene rings is 2. The number of halogens is 1. The molecule has 0 amide bonds. The van der Waals surface area contributed by atoms with Crippen LogP contribution in [0.3, 0.4) is 0 Å². The van der Waals surface area contributed by atoms with Gasteiger partial charge in [0.25, 0.3) is 0 Å². The SMILES string of the molecule is CCCS(=O)(=O)Cc1cccc2c(Oc3ncccc3-c3ccnc(N[C@@H]4CNCC[C@H]4F)n3)c(C)ccc12. The summed E-state index contributed by atoms with van der Waals surface area (Å²) in [6.45, 7) is 4.95. The molecule has 0 spiro atoms. The van der Waals surface area contributed by atoms with Crippen LogP contribution in [0.15, 0.2) is 60.9 Å². The number of ether oxygens (including phenoxy) is 1. The zero-order chi connectivity index (χ0) is 27.4. The van der Waals surface area contributed by atoms with E-state index in [0.717, 1.165) is 21.9 Å². The highest BCUT2D eigenvalue weighted by molar-refractivity contribution is 7.90. The molecule has 10 heteroatoms. The van der Waals surface area contributed by atoms with E-state index in [9.17, 15) is 12.8 Å². The molecule has 1 aliphatic heterocycles. The quantitative estimate of drug-likeness (QED) is 0.292. The molecule has 8 nitrogen and oxygen atoms in total. The predicted molar refractivity (Wildman–Crippen MR) is 152 cm³/mol. The number of fused-ring (bicyclic) bond motifs is 1. The van der Waals surface area contributed by atoms with Gasteiger partial charge in [-0.2, -0.15) is 0 Å². The van der Waals surface area contributed by atoms with Crippen molar-refractivity contribution in [3.8, 4) is 22.9 Å². The Morgan fingerprint density at radius 2 is 1.95 bits per heavy atom. The van der Waals surface area contributed by atoms with E-state index < -0.39 is 22.1 Å². The first kappa shape index (κ1) is 27.0. The lowest BCUT2D eigenvalue weighted by Gasteiger charge is -2.27. The number of hydrogen-bond acceptors (Lipinski definition) is 8. The minimum Gasteiger partial charge on any atom is -0.437 e. The van der Waals surface area contributed by atoms with Crippen LogP contribution in [0.5, 0.6) is 11.6 Å². The highest BCUT2D eigenvalue weighted by Gasteiger charge is 2.25. The van der Waals surface area contributed by atoms with E-state index >= 15 is 0 Å². The topological polar surface area (TPSA) is 106 Å². The lowest BCUT2D eigenvalue weighted by Crippen LogP contribution is -2.46. The Kier molecular flexibility index (Phi) is 8.04. The van der Waals surface area contributed by atoms with Crippen LogP contribution in [0, 0.1) is 6.92 Å². The molecule has 0 bridgehead atoms. The number of pyridine rings is 1. The minimum atomic E-state index is -3.22. The summed E-state index contributed by atoms with van der Waals surface area (Å²) in [6, 6.07) is 14.5. The first-order chi connectivity index (χ1) is 18.8. The Bertz CT molecular complexity index is 1580. The average molecular weight is 550 g/mol. The maximum Gasteiger partial charge on any atom is 0.228 e. The van der Waals surface area contributed by atoms with Gasteiger partial charge in [0, 0.05) is 24.3 Å². The fourth-order valence-electron chi connectivity index (χ4n) is 4.86. The number of aromatic nitrogens is 3. The maximum atomic E-state index is 14.4. The van der Waals surface area contributed by atoms with Gasteiger partial charge in [-0.15, -0.1) is 0 Å². The van der Waals surface area contributed by atoms with Crippen LogP contribution >= 0.6 is 0 Å². The second-order valence-corrected chi connectivity index (χ2v) is 12.0. The van der Waals surface area contributed by atoms with E-state index in [2.05, 4.69) is 25.6 Å². The lowest BCUT2D eigenvalue weighted by molar-refractivity contribution is 0.240. The highest BCUT2D eigenvalue weighted by atomic mass is 32.2. The molecular weight excluding hydrogens is 517 g/mol. The van der Waals surface area contributed by atoms with Gasteiger partial charge in [-0.3, -0.25) is 0 Å². The van der Waals surface area contributed by atoms with E-state index in [0.29, 0.717) is 54.8 Å². The van der Waals surface area contributed by atoms with Crippen LogP contribution in [-0.2, 0) is 15.6 Å². The summed E-state index contributed by atoms with van der Waals surface area (Å²) in [6.07, 6.45) is 3.30. The molecule has 4 aromatic rings. The molecule has 0 radical (unpaired) electrons. The third-order valence-electron chi connectivity index (χ3n) is 6.80. The molecule has 1 saturated heterocycles. The number of aryl methyl sites for hydroxylation is 1. The van der Waals surface area contributed by atoms with E-state index in [1.165, 1.54) is 0 Å². The van der Waals surface area contributed by atoms with Crippen molar-refractivity contribution >= 4 is 26.6 Å². The molecule has 2 N–H and O–H groups in total. The molecular formula is C29H32FN5O3S. The number of alkyl halides is 1. The van der Waals surface area contributed by atoms with Crippen LogP contribution < -0.4 is 15.4 Å². The molecule has 204 valence electrons. The fourth-order valence-corrected chi connectivity index (χ4v) is 6.35. The van der Waals surface area contributed by atoms with E-state index in [-0.39, 0.29) is 11.5 Å². The fraction of sp³-hybridized carbons (Fsp3) is 0.345. The van der Waals surface area contributed by atoms with Crippen LogP contribution in [0.2, 0.25) is 0 Å². The Hall–Kier alpha value is -3.63. The summed E-state index contributed by atoms with van der Waals surface area (Å²) in [5.41, 5.74) is 2.86. The second kappa shape index (κ2) is 11.6. The molecule has 3 heterocycles. The van der Waals surface area contributed by atoms with Gasteiger partial charge in [0.05, 0.1) is 28.8 Å². The molecule has 5 rings (SSSR count). The Balaban J connectivity index is 1.48. The van der Waals surface area contributed by atoms with Crippen molar-refractivity contribution in [3.05, 3.63) is 72.1 Å². The third kappa shape index (κ3) is 6.17. The van der Waals surface area contributed by atoms with E-state index in [1.54, 1.807) is 24.5 Å². The van der Waals surface area contributed by atoms with Gasteiger partial charge < -0.3 is 15.4 Å². The summed E-state index contributed by atoms with van der Waals surface area (Å²) in [5.74, 6) is 1.41. The number of piperidine rings is 1. The second-order valence-electron chi connectivity index (χ2n) is 9.80. The van der Waals surface area contributed by atoms with Crippen molar-refractivity contribution in [2.45, 2.75) is 44.7 Å². The third-order valence-corrected chi connectivity index (χ3v) is 8.58. The van der Waals surface area contributed by atoms with Gasteiger partial charge in [-0.05, 0) is 61.0 Å². The number of anilines is 1. The first-order valence-corrected chi connectivity index (χ1v) is 15.0. The normalized spacial score (nSPS) is 17.7. The molecule has 2 aromatic heterocycles. The van der Waals surface area contributed by atoms with Crippen LogP contribution in [0.4, 0.5) is 10.3 Å². The standard InChI is InChI=1S/C29H32FN5O3S/c1-3-16-39(36,37)18-20-6-4-7-22-21(20)10-9-19(2)27(22)38-28-23(8-5-13-32-28)25-12-15-33-29(34-25)35-26-17-31-14-11-24(26)30/h4-10,12-13,15,24,26,31H,3,11,14,16-18H2,1-2H3,(H,33,34,35)/t24-,26-/m1/s1. The number of nitrogens with zero attached hydrogens (tertiary/aromatic N) is 3. The van der Waals surface area contributed by atoms with Gasteiger partial charge in [0.2, 0.25) is 11.8 Å². The first-order valence-electron chi connectivity index (χ1n) is 13.1. The predicted octanol–water partition coefficient (Wildman–Crippen LogP) is 5.23. The minimum absolute atomic E-state index is 0.0253. The molecule has 39 heavy (non-hydrogen) atoms. The maximum absolute atomic E-state index is 14.4. The molecule has 2 atom stereocenters. The van der Waals surface area contributed by atoms with Crippen molar-refractivity contribution < 1.29 is 17.5 Å². The van der Waals surface area contributed by atoms with Gasteiger partial charge in [0.15, 0.2) is 9.84 Å². The van der Waals surface area contributed by atoms with Crippen LogP contribution in [-0.4, -0.2) is 54.4 Å². The van der Waals surface area contributed by atoms with E-state index in [1.807, 2.05) is 50.2 Å². The molecule has 0 saturated carbocycles. The number of rotatable bonds is 9. The van der Waals surface area contributed by atoms with Crippen molar-refractivity contribution in [1.82, 2.24) is 20.3 Å². The van der Waals surface area contributed by atoms with E-state index in [4.69, 9.17) is 4.74 Å². The van der Waals surface area contributed by atoms with Gasteiger partial charge in [0.1, 0.15) is 11.9 Å². The largest absolute Gasteiger partial charge is 0.437 e. The zero-order valence-electron chi connectivity index (χ0n) is 22.0. The zero-order valence-corrected chi connectivity index (χ0v) is 22.8. The van der Waals surface area contributed by atoms with Crippen LogP contribution in [0.1, 0.15) is 30.9 Å². The van der Waals surface area contributed by atoms with Crippen molar-refractivity contribution in [3.63, 3.8) is 0 Å². The Morgan fingerprint density at radius 1 is 1.08 bits per heavy atom. The summed E-state index contributed by atoms with van der Waals surface area (Å²) in [7, 11) is -3.22. The molecule has 1 fully saturated rings. The van der Waals surface area contributed by atoms with Crippen molar-refractivity contribution in [1.29, 1.82) is 0 Å². The molecule has 0 aliphatic carbocycles. The molecule has 0 unspecified atom stereocenters. The van der Waals surface area contributed by atoms with Crippen molar-refractivity contribution in [2.75, 3.05) is 24.2 Å². The van der Waals surface area contributed by atoms with Gasteiger partial charge >= 0.3 is 0 Å². The van der Waals surface area contributed by atoms with Gasteiger partial charge in [-0.25, -0.2) is 27.8 Å². The van der Waals surface area contributed by atoms with Crippen LogP contribution in [0.25, 0.3) is 22.0 Å². The Labute approximate surface area is 228 Å². The van der Waals surface area contributed by atoms with Gasteiger partial charge in [-0.1, -0.05) is 37.3 Å². The van der Waals surface area contributed by atoms with Crippen molar-refractivity contribution in [2.24, 2.45) is 0 Å². The lowest BCUT2D eigenvalue weighted by atomic mass is 10.0. The molecule has 2 aromatic carbocycles. The summed E-state index contributed by atoms with van der Waals surface area (Å²) < 4.78 is 46.0. The summed E-state index contributed by atoms with van der Waals surface area (Å²) >= 11 is 0. The summed E-state index contributed by atoms with van der Waals surface area (Å²) in [5, 5.41) is 7.93. The average Bonchev–Trinajstić information content (AvgIpc) is 2.92. The highest BCUT2D eigenvalue weighted by Crippen LogP contribution is 2.37. The smallest absolute Gasteiger partial charge is 0.228 e. The number of nitrogens with one attached hydrogen (secondary N) is 2.